The van der Waals surface area contributed by atoms with E-state index in [0.29, 0.717) is 36.2 Å². The van der Waals surface area contributed by atoms with E-state index >= 15 is 0 Å². The number of likely N-dealkylation sites (N-methyl/N-ethyl adjacent to an activating group) is 1. The smallest absolute Gasteiger partial charge is 0.0809 e. The molecule has 2 saturated carbocycles. The van der Waals surface area contributed by atoms with Crippen LogP contribution in [0.15, 0.2) is 42.5 Å². The Balaban J connectivity index is 1.51. The summed E-state index contributed by atoms with van der Waals surface area (Å²) >= 11 is 0. The number of aliphatic hydroxyl groups is 1. The van der Waals surface area contributed by atoms with Gasteiger partial charge < -0.3 is 14.8 Å². The van der Waals surface area contributed by atoms with Crippen LogP contribution in [0.2, 0.25) is 0 Å². The molecule has 0 unspecified atom stereocenters. The van der Waals surface area contributed by atoms with Gasteiger partial charge in [-0.05, 0) is 68.5 Å². The van der Waals surface area contributed by atoms with Gasteiger partial charge in [0.25, 0.3) is 0 Å². The molecule has 27 heavy (non-hydrogen) atoms. The van der Waals surface area contributed by atoms with Gasteiger partial charge in [-0.1, -0.05) is 49.4 Å². The molecule has 0 saturated heterocycles. The molecule has 0 aliphatic heterocycles. The largest absolute Gasteiger partial charge is 0.393 e. The fourth-order valence-electron chi connectivity index (χ4n) is 5.23. The molecule has 0 bridgehead atoms. The van der Waals surface area contributed by atoms with Crippen LogP contribution in [-0.4, -0.2) is 49.9 Å². The van der Waals surface area contributed by atoms with Gasteiger partial charge in [-0.2, -0.15) is 5.48 Å². The minimum Gasteiger partial charge on any atom is -0.393 e. The van der Waals surface area contributed by atoms with Gasteiger partial charge in [-0.25, -0.2) is 0 Å². The molecule has 4 nitrogen and oxygen atoms in total. The van der Waals surface area contributed by atoms with Gasteiger partial charge in [-0.15, -0.1) is 0 Å². The monoisotopic (exact) mass is 372 g/mol. The van der Waals surface area contributed by atoms with Crippen LogP contribution in [0.5, 0.6) is 0 Å². The third-order valence-corrected chi connectivity index (χ3v) is 6.46. The standard InChI is InChI=1S/C23H36N2O2/c1-17-14-20(18-8-5-4-6-9-18)15-21-22(26)16-19(23(17)21)10-7-11-24-27-13-12-25(2)3/h4-10,17,19-24,26H,11-16H2,1-3H3/b10-7+/t17-,19-,20-,21+,22-,23+/m0/s1. The average Bonchev–Trinajstić information content (AvgIpc) is 2.98. The molecule has 4 heteroatoms. The zero-order valence-electron chi connectivity index (χ0n) is 17.1. The summed E-state index contributed by atoms with van der Waals surface area (Å²) in [5, 5.41) is 10.7. The molecule has 2 aliphatic carbocycles. The fourth-order valence-corrected chi connectivity index (χ4v) is 5.23. The minimum absolute atomic E-state index is 0.164. The van der Waals surface area contributed by atoms with Gasteiger partial charge in [0.15, 0.2) is 0 Å². The molecule has 150 valence electrons. The highest BCUT2D eigenvalue weighted by Crippen LogP contribution is 2.53. The van der Waals surface area contributed by atoms with Gasteiger partial charge in [0.05, 0.1) is 12.7 Å². The third kappa shape index (κ3) is 5.41. The van der Waals surface area contributed by atoms with E-state index in [1.807, 2.05) is 14.1 Å². The second kappa shape index (κ2) is 9.83. The number of hydroxylamine groups is 1. The van der Waals surface area contributed by atoms with Crippen molar-refractivity contribution in [3.8, 4) is 0 Å². The van der Waals surface area contributed by atoms with Crippen molar-refractivity contribution >= 4 is 0 Å². The highest BCUT2D eigenvalue weighted by molar-refractivity contribution is 5.21. The van der Waals surface area contributed by atoms with Crippen molar-refractivity contribution in [2.75, 3.05) is 33.8 Å². The molecule has 2 aliphatic rings. The first-order valence-electron chi connectivity index (χ1n) is 10.4. The van der Waals surface area contributed by atoms with Gasteiger partial charge in [-0.3, -0.25) is 0 Å². The number of allylic oxidation sites excluding steroid dienone is 1. The van der Waals surface area contributed by atoms with Crippen LogP contribution in [0.4, 0.5) is 0 Å². The average molecular weight is 373 g/mol. The molecule has 6 atom stereocenters. The molecule has 2 N–H and O–H groups in total. The second-order valence-electron chi connectivity index (χ2n) is 8.69. The van der Waals surface area contributed by atoms with Crippen LogP contribution in [0.1, 0.15) is 37.7 Å². The Hall–Kier alpha value is -1.20. The van der Waals surface area contributed by atoms with Crippen molar-refractivity contribution in [3.05, 3.63) is 48.0 Å². The number of nitrogens with one attached hydrogen (secondary N) is 1. The van der Waals surface area contributed by atoms with Crippen LogP contribution in [0, 0.1) is 23.7 Å². The van der Waals surface area contributed by atoms with Crippen LogP contribution >= 0.6 is 0 Å². The molecule has 1 aromatic carbocycles. The SMILES string of the molecule is C[C@H]1C[C@H](c2ccccc2)C[C@H]2[C@H]1[C@@H](/C=C/CNOCCN(C)C)C[C@@H]2O. The maximum Gasteiger partial charge on any atom is 0.0809 e. The van der Waals surface area contributed by atoms with Crippen LogP contribution in [0.3, 0.4) is 0 Å². The quantitative estimate of drug-likeness (QED) is 0.417. The predicted octanol–water partition coefficient (Wildman–Crippen LogP) is 3.45. The van der Waals surface area contributed by atoms with Crippen molar-refractivity contribution in [1.29, 1.82) is 0 Å². The third-order valence-electron chi connectivity index (χ3n) is 6.46. The number of hydrogen-bond donors (Lipinski definition) is 2. The molecule has 0 spiro atoms. The fraction of sp³-hybridized carbons (Fsp3) is 0.652. The van der Waals surface area contributed by atoms with Gasteiger partial charge in [0.1, 0.15) is 0 Å². The number of nitrogens with zero attached hydrogens (tertiary/aromatic N) is 1. The second-order valence-corrected chi connectivity index (χ2v) is 8.69. The van der Waals surface area contributed by atoms with Crippen molar-refractivity contribution in [2.45, 2.75) is 38.2 Å². The maximum atomic E-state index is 10.7. The lowest BCUT2D eigenvalue weighted by molar-refractivity contribution is 0.0392. The Morgan fingerprint density at radius 1 is 1.19 bits per heavy atom. The van der Waals surface area contributed by atoms with E-state index in [2.05, 4.69) is 59.8 Å². The lowest BCUT2D eigenvalue weighted by Gasteiger charge is -2.39. The lowest BCUT2D eigenvalue weighted by atomic mass is 9.65. The Kier molecular flexibility index (Phi) is 7.48. The zero-order chi connectivity index (χ0) is 19.2. The number of hydrogen-bond acceptors (Lipinski definition) is 4. The minimum atomic E-state index is -0.164. The zero-order valence-corrected chi connectivity index (χ0v) is 17.1. The summed E-state index contributed by atoms with van der Waals surface area (Å²) in [6.45, 7) is 4.70. The Morgan fingerprint density at radius 2 is 1.96 bits per heavy atom. The first-order chi connectivity index (χ1) is 13.1. The van der Waals surface area contributed by atoms with Gasteiger partial charge in [0, 0.05) is 13.1 Å². The maximum absolute atomic E-state index is 10.7. The highest BCUT2D eigenvalue weighted by atomic mass is 16.6. The molecule has 0 radical (unpaired) electrons. The lowest BCUT2D eigenvalue weighted by Crippen LogP contribution is -2.33. The number of fused-ring (bicyclic) bond motifs is 1. The van der Waals surface area contributed by atoms with E-state index in [1.54, 1.807) is 0 Å². The molecule has 3 rings (SSSR count). The van der Waals surface area contributed by atoms with Crippen LogP contribution in [-0.2, 0) is 4.84 Å². The summed E-state index contributed by atoms with van der Waals surface area (Å²) < 4.78 is 0. The molecular formula is C23H36N2O2. The van der Waals surface area contributed by atoms with Gasteiger partial charge in [0.2, 0.25) is 0 Å². The molecule has 2 fully saturated rings. The molecule has 1 aromatic rings. The Morgan fingerprint density at radius 3 is 2.70 bits per heavy atom. The highest BCUT2D eigenvalue weighted by Gasteiger charge is 2.47. The Bertz CT molecular complexity index is 589. The first kappa shape index (κ1) is 20.5. The molecule has 0 heterocycles. The number of rotatable bonds is 8. The number of aliphatic hydroxyl groups excluding tert-OH is 1. The van der Waals surface area contributed by atoms with Crippen molar-refractivity contribution in [2.24, 2.45) is 23.7 Å². The van der Waals surface area contributed by atoms with E-state index in [4.69, 9.17) is 4.84 Å². The molecule has 0 aromatic heterocycles. The van der Waals surface area contributed by atoms with E-state index in [-0.39, 0.29) is 6.10 Å². The summed E-state index contributed by atoms with van der Waals surface area (Å²) in [6, 6.07) is 10.9. The first-order valence-corrected chi connectivity index (χ1v) is 10.4. The van der Waals surface area contributed by atoms with E-state index in [1.165, 1.54) is 12.0 Å². The topological polar surface area (TPSA) is 44.7 Å². The van der Waals surface area contributed by atoms with Crippen molar-refractivity contribution < 1.29 is 9.94 Å². The summed E-state index contributed by atoms with van der Waals surface area (Å²) in [5.74, 6) is 2.75. The van der Waals surface area contributed by atoms with Crippen molar-refractivity contribution in [3.63, 3.8) is 0 Å². The number of benzene rings is 1. The molecular weight excluding hydrogens is 336 g/mol. The summed E-state index contributed by atoms with van der Waals surface area (Å²) in [6.07, 6.45) is 7.58. The normalized spacial score (nSPS) is 33.7. The van der Waals surface area contributed by atoms with Crippen LogP contribution in [0.25, 0.3) is 0 Å². The van der Waals surface area contributed by atoms with E-state index in [9.17, 15) is 5.11 Å². The predicted molar refractivity (Wildman–Crippen MR) is 110 cm³/mol. The van der Waals surface area contributed by atoms with E-state index in [0.717, 1.165) is 25.9 Å². The summed E-state index contributed by atoms with van der Waals surface area (Å²) in [4.78, 5) is 7.53. The van der Waals surface area contributed by atoms with Gasteiger partial charge >= 0.3 is 0 Å². The summed E-state index contributed by atoms with van der Waals surface area (Å²) in [7, 11) is 4.08. The Labute approximate surface area is 164 Å². The van der Waals surface area contributed by atoms with Crippen molar-refractivity contribution in [1.82, 2.24) is 10.4 Å². The van der Waals surface area contributed by atoms with E-state index < -0.39 is 0 Å². The molecule has 0 amide bonds. The summed E-state index contributed by atoms with van der Waals surface area (Å²) in [5.41, 5.74) is 4.45. The van der Waals surface area contributed by atoms with Crippen LogP contribution < -0.4 is 5.48 Å².